The number of nitrogens with zero attached hydrogens (tertiary/aromatic N) is 1. The molecule has 5 atom stereocenters. The Kier molecular flexibility index (Phi) is 3.03. The van der Waals surface area contributed by atoms with Gasteiger partial charge in [0.2, 0.25) is 0 Å². The zero-order chi connectivity index (χ0) is 12.9. The average Bonchev–Trinajstić information content (AvgIpc) is 3.01. The van der Waals surface area contributed by atoms with Crippen molar-refractivity contribution in [2.75, 3.05) is 0 Å². The average molecular weight is 244 g/mol. The normalized spacial score (nSPS) is 44.5. The number of rotatable bonds is 2. The van der Waals surface area contributed by atoms with Gasteiger partial charge in [0.15, 0.2) is 0 Å². The summed E-state index contributed by atoms with van der Waals surface area (Å²) in [6, 6.07) is 1.46. The van der Waals surface area contributed by atoms with Crippen molar-refractivity contribution in [3.8, 4) is 0 Å². The highest BCUT2D eigenvalue weighted by atomic mass is 15.2. The molecule has 0 spiro atoms. The first kappa shape index (κ1) is 12.6. The van der Waals surface area contributed by atoms with Crippen LogP contribution in [0.5, 0.6) is 0 Å². The SMILES string of the molecule is C=C1CCC2C(CCCC3(C)[B]C23)N1C(C)CC. The summed E-state index contributed by atoms with van der Waals surface area (Å²) >= 11 is 0. The van der Waals surface area contributed by atoms with Crippen LogP contribution in [0.15, 0.2) is 12.3 Å². The second-order valence-electron chi connectivity index (χ2n) is 7.09. The third-order valence-corrected chi connectivity index (χ3v) is 5.94. The molecule has 0 bridgehead atoms. The van der Waals surface area contributed by atoms with Crippen LogP contribution in [0, 0.1) is 5.92 Å². The molecule has 0 aromatic rings. The molecule has 2 aliphatic heterocycles. The molecule has 2 saturated heterocycles. The molecular weight excluding hydrogens is 217 g/mol. The van der Waals surface area contributed by atoms with Gasteiger partial charge in [0.05, 0.1) is 0 Å². The first-order valence-electron chi connectivity index (χ1n) is 7.89. The number of hydrogen-bond donors (Lipinski definition) is 0. The van der Waals surface area contributed by atoms with E-state index in [2.05, 4.69) is 39.5 Å². The summed E-state index contributed by atoms with van der Waals surface area (Å²) in [5, 5.41) is 0.596. The second kappa shape index (κ2) is 4.32. The molecule has 1 saturated carbocycles. The van der Waals surface area contributed by atoms with Crippen molar-refractivity contribution in [3.05, 3.63) is 12.3 Å². The number of likely N-dealkylation sites (tertiary alicyclic amines) is 1. The van der Waals surface area contributed by atoms with Crippen molar-refractivity contribution in [1.82, 2.24) is 4.90 Å². The van der Waals surface area contributed by atoms with E-state index in [1.165, 1.54) is 44.2 Å². The van der Waals surface area contributed by atoms with Gasteiger partial charge in [-0.05, 0) is 38.5 Å². The molecule has 18 heavy (non-hydrogen) atoms. The van der Waals surface area contributed by atoms with Gasteiger partial charge in [0.25, 0.3) is 0 Å². The fourth-order valence-electron chi connectivity index (χ4n) is 4.62. The monoisotopic (exact) mass is 244 g/mol. The van der Waals surface area contributed by atoms with E-state index in [1.54, 1.807) is 0 Å². The molecule has 2 heteroatoms. The summed E-state index contributed by atoms with van der Waals surface area (Å²) < 4.78 is 0. The smallest absolute Gasteiger partial charge is 0.121 e. The van der Waals surface area contributed by atoms with Gasteiger partial charge in [-0.1, -0.05) is 44.4 Å². The molecule has 3 aliphatic rings. The van der Waals surface area contributed by atoms with Crippen molar-refractivity contribution < 1.29 is 0 Å². The molecule has 99 valence electrons. The van der Waals surface area contributed by atoms with Crippen LogP contribution in [-0.2, 0) is 0 Å². The summed E-state index contributed by atoms with van der Waals surface area (Å²) in [4.78, 5) is 2.70. The van der Waals surface area contributed by atoms with Crippen LogP contribution in [0.2, 0.25) is 11.1 Å². The van der Waals surface area contributed by atoms with Gasteiger partial charge in [-0.15, -0.1) is 0 Å². The fraction of sp³-hybridized carbons (Fsp3) is 0.875. The molecule has 0 amide bonds. The van der Waals surface area contributed by atoms with E-state index in [0.717, 1.165) is 17.8 Å². The highest BCUT2D eigenvalue weighted by molar-refractivity contribution is 6.56. The van der Waals surface area contributed by atoms with Crippen LogP contribution in [0.4, 0.5) is 0 Å². The maximum absolute atomic E-state index is 4.36. The Bertz CT molecular complexity index is 353. The number of fused-ring (bicyclic) bond motifs is 3. The van der Waals surface area contributed by atoms with Gasteiger partial charge in [0.1, 0.15) is 7.28 Å². The standard InChI is InChI=1S/C16H27BN/c1-5-11(2)18-12(3)8-9-13-14(18)7-6-10-16(4)15(13)17-16/h11,13-15H,3,5-10H2,1-2,4H3. The predicted molar refractivity (Wildman–Crippen MR) is 79.0 cm³/mol. The Morgan fingerprint density at radius 3 is 3.00 bits per heavy atom. The Morgan fingerprint density at radius 2 is 2.28 bits per heavy atom. The molecule has 0 N–H and O–H groups in total. The van der Waals surface area contributed by atoms with Gasteiger partial charge in [-0.25, -0.2) is 0 Å². The fourth-order valence-corrected chi connectivity index (χ4v) is 4.62. The lowest BCUT2D eigenvalue weighted by molar-refractivity contribution is 0.0940. The van der Waals surface area contributed by atoms with Crippen LogP contribution in [0.25, 0.3) is 0 Å². The van der Waals surface area contributed by atoms with Crippen LogP contribution >= 0.6 is 0 Å². The van der Waals surface area contributed by atoms with E-state index < -0.39 is 0 Å². The summed E-state index contributed by atoms with van der Waals surface area (Å²) in [6.07, 6.45) is 8.08. The Morgan fingerprint density at radius 1 is 1.50 bits per heavy atom. The van der Waals surface area contributed by atoms with E-state index in [0.29, 0.717) is 11.4 Å². The molecule has 3 rings (SSSR count). The van der Waals surface area contributed by atoms with E-state index in [-0.39, 0.29) is 0 Å². The topological polar surface area (TPSA) is 3.24 Å². The third kappa shape index (κ3) is 1.83. The molecule has 1 aliphatic carbocycles. The maximum atomic E-state index is 4.36. The largest absolute Gasteiger partial charge is 0.369 e. The second-order valence-corrected chi connectivity index (χ2v) is 7.09. The summed E-state index contributed by atoms with van der Waals surface area (Å²) in [6.45, 7) is 11.5. The molecular formula is C16H27BN. The first-order valence-corrected chi connectivity index (χ1v) is 7.89. The zero-order valence-corrected chi connectivity index (χ0v) is 12.3. The molecule has 0 aromatic carbocycles. The molecule has 0 aromatic heterocycles. The summed E-state index contributed by atoms with van der Waals surface area (Å²) in [5.41, 5.74) is 1.41. The van der Waals surface area contributed by atoms with Crippen LogP contribution in [-0.4, -0.2) is 24.3 Å². The highest BCUT2D eigenvalue weighted by Gasteiger charge is 2.58. The molecule has 1 nitrogen and oxygen atoms in total. The first-order chi connectivity index (χ1) is 8.57. The van der Waals surface area contributed by atoms with Gasteiger partial charge in [-0.2, -0.15) is 0 Å². The minimum absolute atomic E-state index is 0.596. The summed E-state index contributed by atoms with van der Waals surface area (Å²) in [5.74, 6) is 1.82. The predicted octanol–water partition coefficient (Wildman–Crippen LogP) is 4.25. The maximum Gasteiger partial charge on any atom is 0.121 e. The van der Waals surface area contributed by atoms with Gasteiger partial charge in [-0.3, -0.25) is 0 Å². The van der Waals surface area contributed by atoms with Crippen LogP contribution < -0.4 is 0 Å². The summed E-state index contributed by atoms with van der Waals surface area (Å²) in [7, 11) is 2.65. The van der Waals surface area contributed by atoms with Gasteiger partial charge >= 0.3 is 0 Å². The lowest BCUT2D eigenvalue weighted by Gasteiger charge is -2.47. The lowest BCUT2D eigenvalue weighted by atomic mass is 9.76. The van der Waals surface area contributed by atoms with Crippen LogP contribution in [0.3, 0.4) is 0 Å². The molecule has 5 unspecified atom stereocenters. The third-order valence-electron chi connectivity index (χ3n) is 5.94. The van der Waals surface area contributed by atoms with Crippen molar-refractivity contribution >= 4 is 7.28 Å². The van der Waals surface area contributed by atoms with E-state index >= 15 is 0 Å². The minimum atomic E-state index is 0.596. The van der Waals surface area contributed by atoms with Gasteiger partial charge < -0.3 is 4.90 Å². The van der Waals surface area contributed by atoms with Crippen molar-refractivity contribution in [3.63, 3.8) is 0 Å². The number of piperidine rings is 1. The van der Waals surface area contributed by atoms with Crippen molar-refractivity contribution in [2.45, 2.75) is 82.5 Å². The van der Waals surface area contributed by atoms with Crippen LogP contribution in [0.1, 0.15) is 59.3 Å². The Labute approximate surface area is 113 Å². The number of hydrogen-bond acceptors (Lipinski definition) is 1. The Balaban J connectivity index is 1.84. The quantitative estimate of drug-likeness (QED) is 0.656. The lowest BCUT2D eigenvalue weighted by Crippen LogP contribution is -2.47. The minimum Gasteiger partial charge on any atom is -0.369 e. The van der Waals surface area contributed by atoms with E-state index in [1.807, 2.05) is 0 Å². The van der Waals surface area contributed by atoms with E-state index in [9.17, 15) is 0 Å². The number of allylic oxidation sites excluding steroid dienone is 1. The van der Waals surface area contributed by atoms with Crippen molar-refractivity contribution in [2.24, 2.45) is 5.92 Å². The Hall–Kier alpha value is -0.395. The van der Waals surface area contributed by atoms with Gasteiger partial charge in [0, 0.05) is 17.8 Å². The molecule has 2 heterocycles. The van der Waals surface area contributed by atoms with E-state index in [4.69, 9.17) is 0 Å². The highest BCUT2D eigenvalue weighted by Crippen LogP contribution is 2.68. The zero-order valence-electron chi connectivity index (χ0n) is 12.3. The molecule has 3 fully saturated rings. The van der Waals surface area contributed by atoms with Crippen molar-refractivity contribution in [1.29, 1.82) is 0 Å². The molecule has 1 radical (unpaired) electrons.